The molecule has 0 aliphatic carbocycles. The van der Waals surface area contributed by atoms with E-state index in [4.69, 9.17) is 4.74 Å². The van der Waals surface area contributed by atoms with Crippen molar-refractivity contribution in [2.45, 2.75) is 43.1 Å². The summed E-state index contributed by atoms with van der Waals surface area (Å²) in [5.41, 5.74) is 1.06. The molecule has 1 aromatic carbocycles. The van der Waals surface area contributed by atoms with Gasteiger partial charge in [-0.05, 0) is 50.8 Å². The lowest BCUT2D eigenvalue weighted by molar-refractivity contribution is -0.0452. The SMILES string of the molecule is OC1(CN2CCCC2)CCN(C[C@@]2(c3ccccc3)CCOC2)CC1. The predicted octanol–water partition coefficient (Wildman–Crippen LogP) is 2.27. The number of nitrogens with zero attached hydrogens (tertiary/aromatic N) is 2. The second kappa shape index (κ2) is 7.36. The van der Waals surface area contributed by atoms with Gasteiger partial charge in [0.2, 0.25) is 0 Å². The maximum Gasteiger partial charge on any atom is 0.0798 e. The number of ether oxygens (including phenoxy) is 1. The molecule has 25 heavy (non-hydrogen) atoms. The average Bonchev–Trinajstić information content (AvgIpc) is 3.31. The highest BCUT2D eigenvalue weighted by Gasteiger charge is 2.41. The fourth-order valence-electron chi connectivity index (χ4n) is 4.91. The number of likely N-dealkylation sites (tertiary alicyclic amines) is 2. The van der Waals surface area contributed by atoms with Crippen LogP contribution in [-0.4, -0.2) is 73.0 Å². The van der Waals surface area contributed by atoms with Crippen LogP contribution in [-0.2, 0) is 10.2 Å². The standard InChI is InChI=1S/C21H32N2O2/c24-21(17-22-11-4-5-12-22)8-13-23(14-9-21)16-20(10-15-25-18-20)19-6-2-1-3-7-19/h1-3,6-7,24H,4-5,8-18H2/t20-/m0/s1. The molecule has 3 aliphatic heterocycles. The van der Waals surface area contributed by atoms with Crippen molar-refractivity contribution in [2.24, 2.45) is 0 Å². The van der Waals surface area contributed by atoms with Gasteiger partial charge in [-0.2, -0.15) is 0 Å². The largest absolute Gasteiger partial charge is 0.388 e. The van der Waals surface area contributed by atoms with E-state index in [1.165, 1.54) is 31.5 Å². The van der Waals surface area contributed by atoms with Crippen molar-refractivity contribution in [1.82, 2.24) is 9.80 Å². The third-order valence-electron chi connectivity index (χ3n) is 6.52. The van der Waals surface area contributed by atoms with E-state index >= 15 is 0 Å². The highest BCUT2D eigenvalue weighted by atomic mass is 16.5. The first-order valence-electron chi connectivity index (χ1n) is 9.98. The van der Waals surface area contributed by atoms with Gasteiger partial charge in [0, 0.05) is 38.2 Å². The van der Waals surface area contributed by atoms with E-state index in [9.17, 15) is 5.11 Å². The predicted molar refractivity (Wildman–Crippen MR) is 99.9 cm³/mol. The van der Waals surface area contributed by atoms with Gasteiger partial charge in [0.1, 0.15) is 0 Å². The summed E-state index contributed by atoms with van der Waals surface area (Å²) in [7, 11) is 0. The number of aliphatic hydroxyl groups is 1. The van der Waals surface area contributed by atoms with Crippen LogP contribution in [0.25, 0.3) is 0 Å². The Morgan fingerprint density at radius 3 is 2.20 bits per heavy atom. The van der Waals surface area contributed by atoms with Crippen LogP contribution in [0.15, 0.2) is 30.3 Å². The van der Waals surface area contributed by atoms with Gasteiger partial charge >= 0.3 is 0 Å². The Kier molecular flexibility index (Phi) is 5.14. The lowest BCUT2D eigenvalue weighted by atomic mass is 9.78. The highest BCUT2D eigenvalue weighted by Crippen LogP contribution is 2.35. The van der Waals surface area contributed by atoms with Crippen molar-refractivity contribution >= 4 is 0 Å². The Hall–Kier alpha value is -0.940. The first kappa shape index (κ1) is 17.5. The molecule has 1 N–H and O–H groups in total. The summed E-state index contributed by atoms with van der Waals surface area (Å²) in [6.07, 6.45) is 5.49. The van der Waals surface area contributed by atoms with E-state index in [0.29, 0.717) is 0 Å². The van der Waals surface area contributed by atoms with E-state index in [0.717, 1.165) is 58.7 Å². The second-order valence-corrected chi connectivity index (χ2v) is 8.43. The molecule has 0 aromatic heterocycles. The normalized spacial score (nSPS) is 30.8. The Labute approximate surface area is 151 Å². The smallest absolute Gasteiger partial charge is 0.0798 e. The van der Waals surface area contributed by atoms with Gasteiger partial charge in [-0.15, -0.1) is 0 Å². The van der Waals surface area contributed by atoms with E-state index in [-0.39, 0.29) is 5.41 Å². The Bertz CT molecular complexity index is 542. The van der Waals surface area contributed by atoms with Gasteiger partial charge in [0.15, 0.2) is 0 Å². The third kappa shape index (κ3) is 3.92. The molecule has 3 fully saturated rings. The summed E-state index contributed by atoms with van der Waals surface area (Å²) in [4.78, 5) is 5.01. The lowest BCUT2D eigenvalue weighted by Gasteiger charge is -2.43. The van der Waals surface area contributed by atoms with Crippen molar-refractivity contribution < 1.29 is 9.84 Å². The molecule has 0 spiro atoms. The van der Waals surface area contributed by atoms with Crippen molar-refractivity contribution in [1.29, 1.82) is 0 Å². The van der Waals surface area contributed by atoms with Gasteiger partial charge < -0.3 is 19.6 Å². The molecule has 3 heterocycles. The summed E-state index contributed by atoms with van der Waals surface area (Å²) in [6, 6.07) is 10.9. The summed E-state index contributed by atoms with van der Waals surface area (Å²) < 4.78 is 5.80. The molecule has 4 nitrogen and oxygen atoms in total. The van der Waals surface area contributed by atoms with Crippen molar-refractivity contribution in [2.75, 3.05) is 52.5 Å². The molecule has 0 saturated carbocycles. The van der Waals surface area contributed by atoms with Crippen molar-refractivity contribution in [3.8, 4) is 0 Å². The number of β-amino-alcohol motifs (C(OH)–C–C–N with tert-alkyl or cyclic N) is 1. The van der Waals surface area contributed by atoms with Gasteiger partial charge in [-0.1, -0.05) is 30.3 Å². The van der Waals surface area contributed by atoms with Crippen LogP contribution in [0, 0.1) is 0 Å². The molecule has 0 amide bonds. The van der Waals surface area contributed by atoms with E-state index in [1.54, 1.807) is 0 Å². The first-order valence-corrected chi connectivity index (χ1v) is 9.98. The van der Waals surface area contributed by atoms with Crippen molar-refractivity contribution in [3.63, 3.8) is 0 Å². The molecule has 3 aliphatic rings. The number of hydrogen-bond donors (Lipinski definition) is 1. The summed E-state index contributed by atoms with van der Waals surface area (Å²) >= 11 is 0. The number of benzene rings is 1. The molecular formula is C21H32N2O2. The monoisotopic (exact) mass is 344 g/mol. The first-order chi connectivity index (χ1) is 12.2. The minimum atomic E-state index is -0.479. The lowest BCUT2D eigenvalue weighted by Crippen LogP contribution is -2.53. The van der Waals surface area contributed by atoms with Crippen LogP contribution >= 0.6 is 0 Å². The molecule has 1 atom stereocenters. The Balaban J connectivity index is 1.37. The molecule has 4 rings (SSSR count). The van der Waals surface area contributed by atoms with E-state index in [1.807, 2.05) is 0 Å². The van der Waals surface area contributed by atoms with Crippen LogP contribution in [0.2, 0.25) is 0 Å². The Morgan fingerprint density at radius 2 is 1.56 bits per heavy atom. The van der Waals surface area contributed by atoms with Crippen LogP contribution in [0.4, 0.5) is 0 Å². The van der Waals surface area contributed by atoms with Crippen LogP contribution < -0.4 is 0 Å². The van der Waals surface area contributed by atoms with Gasteiger partial charge in [0.25, 0.3) is 0 Å². The summed E-state index contributed by atoms with van der Waals surface area (Å²) in [6.45, 7) is 7.94. The summed E-state index contributed by atoms with van der Waals surface area (Å²) in [5, 5.41) is 11.0. The number of piperidine rings is 1. The van der Waals surface area contributed by atoms with Gasteiger partial charge in [0.05, 0.1) is 12.2 Å². The van der Waals surface area contributed by atoms with Crippen LogP contribution in [0.3, 0.4) is 0 Å². The summed E-state index contributed by atoms with van der Waals surface area (Å²) in [5.74, 6) is 0. The quantitative estimate of drug-likeness (QED) is 0.889. The number of rotatable bonds is 5. The zero-order chi connectivity index (χ0) is 17.2. The van der Waals surface area contributed by atoms with Crippen LogP contribution in [0.5, 0.6) is 0 Å². The molecule has 0 bridgehead atoms. The minimum Gasteiger partial charge on any atom is -0.388 e. The van der Waals surface area contributed by atoms with Gasteiger partial charge in [-0.25, -0.2) is 0 Å². The maximum absolute atomic E-state index is 11.0. The topological polar surface area (TPSA) is 35.9 Å². The third-order valence-corrected chi connectivity index (χ3v) is 6.52. The fraction of sp³-hybridized carbons (Fsp3) is 0.714. The zero-order valence-corrected chi connectivity index (χ0v) is 15.3. The second-order valence-electron chi connectivity index (χ2n) is 8.43. The fourth-order valence-corrected chi connectivity index (χ4v) is 4.91. The van der Waals surface area contributed by atoms with Crippen molar-refractivity contribution in [3.05, 3.63) is 35.9 Å². The Morgan fingerprint density at radius 1 is 0.880 bits per heavy atom. The molecule has 4 heteroatoms. The number of hydrogen-bond acceptors (Lipinski definition) is 4. The van der Waals surface area contributed by atoms with E-state index < -0.39 is 5.60 Å². The molecule has 3 saturated heterocycles. The molecular weight excluding hydrogens is 312 g/mol. The van der Waals surface area contributed by atoms with Crippen LogP contribution in [0.1, 0.15) is 37.7 Å². The molecule has 138 valence electrons. The highest BCUT2D eigenvalue weighted by molar-refractivity contribution is 5.27. The van der Waals surface area contributed by atoms with Gasteiger partial charge in [-0.3, -0.25) is 0 Å². The molecule has 0 unspecified atom stereocenters. The molecule has 0 radical (unpaired) electrons. The van der Waals surface area contributed by atoms with E-state index in [2.05, 4.69) is 40.1 Å². The maximum atomic E-state index is 11.0. The average molecular weight is 344 g/mol. The molecule has 1 aromatic rings. The minimum absolute atomic E-state index is 0.131. The zero-order valence-electron chi connectivity index (χ0n) is 15.3.